The largest absolute Gasteiger partial charge is 0.497 e. The maximum absolute atomic E-state index is 13.6. The van der Waals surface area contributed by atoms with Crippen molar-refractivity contribution in [3.05, 3.63) is 101 Å². The van der Waals surface area contributed by atoms with Crippen molar-refractivity contribution in [1.29, 1.82) is 0 Å². The molecule has 3 amide bonds. The number of rotatable bonds is 7. The second kappa shape index (κ2) is 12.5. The number of carbonyl (C=O) groups excluding carboxylic acids is 2. The van der Waals surface area contributed by atoms with Crippen LogP contribution in [0, 0.1) is 12.8 Å². The quantitative estimate of drug-likeness (QED) is 0.185. The summed E-state index contributed by atoms with van der Waals surface area (Å²) in [6.45, 7) is 8.37. The molecule has 248 valence electrons. The van der Waals surface area contributed by atoms with Crippen molar-refractivity contribution in [2.75, 3.05) is 17.7 Å². The Labute approximate surface area is 281 Å². The lowest BCUT2D eigenvalue weighted by Gasteiger charge is -2.38. The zero-order valence-corrected chi connectivity index (χ0v) is 28.2. The van der Waals surface area contributed by atoms with Crippen molar-refractivity contribution in [2.24, 2.45) is 5.92 Å². The highest BCUT2D eigenvalue weighted by atomic mass is 16.5. The second-order valence-corrected chi connectivity index (χ2v) is 14.3. The molecular formula is C39H43N5O4. The summed E-state index contributed by atoms with van der Waals surface area (Å²) in [7, 11) is 1.63. The molecule has 2 unspecified atom stereocenters. The van der Waals surface area contributed by atoms with Gasteiger partial charge in [0.2, 0.25) is 0 Å². The first-order valence-corrected chi connectivity index (χ1v) is 16.8. The standard InChI is InChI=1S/C39H43N5O4/c1-24-9-11-29(12-10-24)44-36(23-35(42-44)39(2,3)4)41-38(46)40-28-8-6-7-25(18-28)17-26-19-30-13-14-31(20-26)43(30)37(45)34-22-27-21-32(47-5)15-16-33(27)48-34/h6-12,15-16,18,21-23,26,30-31H,13-14,17,19-20H2,1-5H3,(H2,40,41,46). The molecule has 2 atom stereocenters. The van der Waals surface area contributed by atoms with E-state index in [-0.39, 0.29) is 29.4 Å². The van der Waals surface area contributed by atoms with Crippen LogP contribution in [0.3, 0.4) is 0 Å². The first-order chi connectivity index (χ1) is 23.0. The van der Waals surface area contributed by atoms with Crippen LogP contribution < -0.4 is 15.4 Å². The minimum absolute atomic E-state index is 0.0216. The van der Waals surface area contributed by atoms with Gasteiger partial charge in [0.15, 0.2) is 5.76 Å². The Balaban J connectivity index is 1.00. The highest BCUT2D eigenvalue weighted by Crippen LogP contribution is 2.41. The van der Waals surface area contributed by atoms with Crippen molar-refractivity contribution in [2.45, 2.75) is 77.3 Å². The number of methoxy groups -OCH3 is 1. The number of hydrogen-bond acceptors (Lipinski definition) is 5. The molecule has 4 heterocycles. The number of nitrogens with one attached hydrogen (secondary N) is 2. The first kappa shape index (κ1) is 31.5. The van der Waals surface area contributed by atoms with Gasteiger partial charge in [-0.1, -0.05) is 50.6 Å². The molecule has 7 rings (SSSR count). The van der Waals surface area contributed by atoms with Crippen LogP contribution in [0.4, 0.5) is 16.3 Å². The van der Waals surface area contributed by atoms with Gasteiger partial charge in [0.25, 0.3) is 5.91 Å². The fourth-order valence-corrected chi connectivity index (χ4v) is 7.28. The number of aryl methyl sites for hydroxylation is 1. The lowest BCUT2D eigenvalue weighted by molar-refractivity contribution is 0.0495. The molecule has 2 fully saturated rings. The van der Waals surface area contributed by atoms with Crippen LogP contribution in [0.15, 0.2) is 83.3 Å². The van der Waals surface area contributed by atoms with E-state index in [4.69, 9.17) is 14.3 Å². The highest BCUT2D eigenvalue weighted by molar-refractivity contribution is 5.99. The molecule has 9 nitrogen and oxygen atoms in total. The minimum Gasteiger partial charge on any atom is -0.497 e. The highest BCUT2D eigenvalue weighted by Gasteiger charge is 2.44. The number of amides is 3. The molecule has 5 aromatic rings. The summed E-state index contributed by atoms with van der Waals surface area (Å²) in [5, 5.41) is 11.8. The van der Waals surface area contributed by atoms with E-state index in [0.717, 1.165) is 65.9 Å². The first-order valence-electron chi connectivity index (χ1n) is 16.8. The number of benzene rings is 3. The lowest BCUT2D eigenvalue weighted by Crippen LogP contribution is -2.46. The molecule has 0 radical (unpaired) electrons. The smallest absolute Gasteiger partial charge is 0.324 e. The molecule has 48 heavy (non-hydrogen) atoms. The van der Waals surface area contributed by atoms with Crippen molar-refractivity contribution in [1.82, 2.24) is 14.7 Å². The van der Waals surface area contributed by atoms with Crippen LogP contribution in [-0.2, 0) is 11.8 Å². The monoisotopic (exact) mass is 645 g/mol. The molecule has 2 saturated heterocycles. The number of piperidine rings is 1. The van der Waals surface area contributed by atoms with Crippen molar-refractivity contribution in [3.8, 4) is 11.4 Å². The van der Waals surface area contributed by atoms with E-state index in [0.29, 0.717) is 23.1 Å². The van der Waals surface area contributed by atoms with E-state index in [9.17, 15) is 9.59 Å². The van der Waals surface area contributed by atoms with Crippen molar-refractivity contribution in [3.63, 3.8) is 0 Å². The van der Waals surface area contributed by atoms with Gasteiger partial charge in [0.05, 0.1) is 18.5 Å². The molecule has 2 aromatic heterocycles. The molecule has 0 aliphatic carbocycles. The molecule has 9 heteroatoms. The van der Waals surface area contributed by atoms with Gasteiger partial charge in [-0.25, -0.2) is 9.48 Å². The topological polar surface area (TPSA) is 102 Å². The van der Waals surface area contributed by atoms with Gasteiger partial charge in [-0.2, -0.15) is 5.10 Å². The molecule has 2 aliphatic heterocycles. The van der Waals surface area contributed by atoms with Gasteiger partial charge in [0, 0.05) is 34.6 Å². The average molecular weight is 646 g/mol. The fourth-order valence-electron chi connectivity index (χ4n) is 7.28. The number of carbonyl (C=O) groups is 2. The average Bonchev–Trinajstić information content (AvgIpc) is 3.75. The molecule has 3 aromatic carbocycles. The number of anilines is 2. The van der Waals surface area contributed by atoms with Gasteiger partial charge < -0.3 is 19.4 Å². The fraction of sp³-hybridized carbons (Fsp3) is 0.359. The number of urea groups is 1. The van der Waals surface area contributed by atoms with E-state index < -0.39 is 0 Å². The van der Waals surface area contributed by atoms with Crippen LogP contribution in [0.5, 0.6) is 5.75 Å². The van der Waals surface area contributed by atoms with Crippen LogP contribution in [0.1, 0.15) is 73.8 Å². The predicted octanol–water partition coefficient (Wildman–Crippen LogP) is 8.50. The Hall–Kier alpha value is -5.05. The van der Waals surface area contributed by atoms with Gasteiger partial charge in [0.1, 0.15) is 17.2 Å². The van der Waals surface area contributed by atoms with Gasteiger partial charge in [-0.15, -0.1) is 0 Å². The van der Waals surface area contributed by atoms with E-state index in [1.807, 2.05) is 73.7 Å². The van der Waals surface area contributed by atoms with Crippen LogP contribution in [-0.4, -0.2) is 45.8 Å². The molecule has 0 spiro atoms. The number of ether oxygens (including phenoxy) is 1. The Morgan fingerprint density at radius 1 is 0.938 bits per heavy atom. The zero-order valence-electron chi connectivity index (χ0n) is 28.2. The minimum atomic E-state index is -0.324. The molecule has 2 N–H and O–H groups in total. The predicted molar refractivity (Wildman–Crippen MR) is 188 cm³/mol. The van der Waals surface area contributed by atoms with Gasteiger partial charge >= 0.3 is 6.03 Å². The maximum atomic E-state index is 13.6. The SMILES string of the molecule is COc1ccc2oc(C(=O)N3C4CCC3CC(Cc3cccc(NC(=O)Nc5cc(C(C)(C)C)nn5-c5ccc(C)cc5)c3)C4)cc2c1. The number of nitrogens with zero attached hydrogens (tertiary/aromatic N) is 3. The van der Waals surface area contributed by atoms with Crippen LogP contribution in [0.25, 0.3) is 16.7 Å². The summed E-state index contributed by atoms with van der Waals surface area (Å²) in [6, 6.07) is 25.6. The maximum Gasteiger partial charge on any atom is 0.324 e. The third-order valence-electron chi connectivity index (χ3n) is 9.71. The Morgan fingerprint density at radius 3 is 2.40 bits per heavy atom. The molecule has 0 saturated carbocycles. The number of furan rings is 1. The van der Waals surface area contributed by atoms with E-state index in [1.54, 1.807) is 11.8 Å². The van der Waals surface area contributed by atoms with Crippen molar-refractivity contribution < 1.29 is 18.7 Å². The third-order valence-corrected chi connectivity index (χ3v) is 9.71. The normalized spacial score (nSPS) is 19.0. The summed E-state index contributed by atoms with van der Waals surface area (Å²) in [4.78, 5) is 29.0. The van der Waals surface area contributed by atoms with Crippen LogP contribution in [0.2, 0.25) is 0 Å². The van der Waals surface area contributed by atoms with Gasteiger partial charge in [-0.3, -0.25) is 10.1 Å². The summed E-state index contributed by atoms with van der Waals surface area (Å²) in [5.74, 6) is 2.17. The summed E-state index contributed by atoms with van der Waals surface area (Å²) < 4.78 is 13.1. The third kappa shape index (κ3) is 6.41. The Morgan fingerprint density at radius 2 is 1.69 bits per heavy atom. The molecule has 2 bridgehead atoms. The summed E-state index contributed by atoms with van der Waals surface area (Å²) in [6.07, 6.45) is 4.82. The Bertz CT molecular complexity index is 1950. The summed E-state index contributed by atoms with van der Waals surface area (Å²) >= 11 is 0. The van der Waals surface area contributed by atoms with Gasteiger partial charge in [-0.05, 0) is 99.0 Å². The van der Waals surface area contributed by atoms with E-state index in [2.05, 4.69) is 48.4 Å². The van der Waals surface area contributed by atoms with Crippen molar-refractivity contribution >= 4 is 34.4 Å². The molecule has 2 aliphatic rings. The summed E-state index contributed by atoms with van der Waals surface area (Å²) in [5.41, 5.74) is 5.35. The van der Waals surface area contributed by atoms with Crippen LogP contribution >= 0.6 is 0 Å². The van der Waals surface area contributed by atoms with E-state index in [1.165, 1.54) is 5.56 Å². The molecular weight excluding hydrogens is 602 g/mol. The Kier molecular flexibility index (Phi) is 8.23. The van der Waals surface area contributed by atoms with E-state index >= 15 is 0 Å². The number of aromatic nitrogens is 2. The number of fused-ring (bicyclic) bond motifs is 3. The zero-order chi connectivity index (χ0) is 33.6. The lowest BCUT2D eigenvalue weighted by atomic mass is 9.85. The second-order valence-electron chi connectivity index (χ2n) is 14.3. The number of hydrogen-bond donors (Lipinski definition) is 2.